The van der Waals surface area contributed by atoms with Crippen molar-refractivity contribution >= 4 is 5.97 Å². The van der Waals surface area contributed by atoms with Gasteiger partial charge in [0.05, 0.1) is 26.9 Å². The molecule has 0 fully saturated rings. The molecule has 0 spiro atoms. The van der Waals surface area contributed by atoms with Crippen LogP contribution in [0.5, 0.6) is 5.75 Å². The summed E-state index contributed by atoms with van der Waals surface area (Å²) >= 11 is 0. The van der Waals surface area contributed by atoms with E-state index >= 15 is 0 Å². The Labute approximate surface area is 114 Å². The minimum absolute atomic E-state index is 0.0569. The zero-order valence-electron chi connectivity index (χ0n) is 11.0. The van der Waals surface area contributed by atoms with Gasteiger partial charge in [-0.05, 0) is 0 Å². The van der Waals surface area contributed by atoms with Crippen LogP contribution in [0.3, 0.4) is 0 Å². The highest BCUT2D eigenvalue weighted by atomic mass is 16.5. The van der Waals surface area contributed by atoms with Crippen LogP contribution in [0.15, 0.2) is 16.9 Å². The molecule has 1 aromatic rings. The number of nitrogens with zero attached hydrogens (tertiary/aromatic N) is 1. The standard InChI is InChI=1S/C12H16N2O6/c1-19-12(18)9-10(16)11(17)14-8(13-9)4-7-20-6-3-2-5-15/h2-3,15-16H,4-7H2,1H3,(H,13,14,17)/b3-2-. The van der Waals surface area contributed by atoms with Crippen molar-refractivity contribution in [2.75, 3.05) is 26.9 Å². The van der Waals surface area contributed by atoms with E-state index in [0.717, 1.165) is 7.11 Å². The van der Waals surface area contributed by atoms with Crippen molar-refractivity contribution in [1.82, 2.24) is 9.97 Å². The van der Waals surface area contributed by atoms with Crippen molar-refractivity contribution in [3.63, 3.8) is 0 Å². The molecular weight excluding hydrogens is 268 g/mol. The summed E-state index contributed by atoms with van der Waals surface area (Å²) in [6.07, 6.45) is 3.44. The Morgan fingerprint density at radius 3 is 2.85 bits per heavy atom. The first-order valence-electron chi connectivity index (χ1n) is 5.84. The largest absolute Gasteiger partial charge is 0.501 e. The van der Waals surface area contributed by atoms with Crippen LogP contribution >= 0.6 is 0 Å². The smallest absolute Gasteiger partial charge is 0.360 e. The van der Waals surface area contributed by atoms with Crippen LogP contribution in [-0.4, -0.2) is 53.1 Å². The third-order valence-corrected chi connectivity index (χ3v) is 2.29. The molecule has 0 unspecified atom stereocenters. The van der Waals surface area contributed by atoms with E-state index in [4.69, 9.17) is 9.84 Å². The number of carbonyl (C=O) groups is 1. The highest BCUT2D eigenvalue weighted by molar-refractivity contribution is 5.89. The van der Waals surface area contributed by atoms with Gasteiger partial charge < -0.3 is 24.7 Å². The molecule has 0 saturated carbocycles. The number of aromatic hydroxyl groups is 1. The molecule has 0 aliphatic rings. The first kappa shape index (κ1) is 15.9. The number of rotatable bonds is 7. The van der Waals surface area contributed by atoms with Crippen molar-refractivity contribution in [3.8, 4) is 5.75 Å². The number of aliphatic hydroxyl groups excluding tert-OH is 1. The lowest BCUT2D eigenvalue weighted by atomic mass is 10.3. The zero-order valence-corrected chi connectivity index (χ0v) is 11.0. The number of aliphatic hydroxyl groups is 1. The Morgan fingerprint density at radius 1 is 1.45 bits per heavy atom. The summed E-state index contributed by atoms with van der Waals surface area (Å²) in [4.78, 5) is 28.9. The predicted octanol–water partition coefficient (Wildman–Crippen LogP) is -0.630. The molecule has 0 aromatic carbocycles. The van der Waals surface area contributed by atoms with Crippen molar-refractivity contribution < 1.29 is 24.5 Å². The van der Waals surface area contributed by atoms with Gasteiger partial charge in [-0.15, -0.1) is 0 Å². The van der Waals surface area contributed by atoms with Gasteiger partial charge >= 0.3 is 5.97 Å². The minimum Gasteiger partial charge on any atom is -0.501 e. The lowest BCUT2D eigenvalue weighted by Crippen LogP contribution is -2.18. The van der Waals surface area contributed by atoms with Gasteiger partial charge in [0.15, 0.2) is 5.69 Å². The number of H-pyrrole nitrogens is 1. The normalized spacial score (nSPS) is 10.9. The van der Waals surface area contributed by atoms with Crippen LogP contribution in [0.1, 0.15) is 16.3 Å². The van der Waals surface area contributed by atoms with E-state index < -0.39 is 23.0 Å². The van der Waals surface area contributed by atoms with E-state index in [1.807, 2.05) is 0 Å². The first-order valence-corrected chi connectivity index (χ1v) is 5.84. The number of hydrogen-bond acceptors (Lipinski definition) is 7. The highest BCUT2D eigenvalue weighted by Crippen LogP contribution is 2.09. The maximum atomic E-state index is 11.4. The number of aromatic nitrogens is 2. The van der Waals surface area contributed by atoms with Gasteiger partial charge in [0, 0.05) is 6.42 Å². The molecule has 1 heterocycles. The fourth-order valence-electron chi connectivity index (χ4n) is 1.33. The maximum Gasteiger partial charge on any atom is 0.360 e. The summed E-state index contributed by atoms with van der Waals surface area (Å²) in [5.74, 6) is -1.45. The summed E-state index contributed by atoms with van der Waals surface area (Å²) in [6, 6.07) is 0. The molecule has 1 rings (SSSR count). The monoisotopic (exact) mass is 284 g/mol. The third-order valence-electron chi connectivity index (χ3n) is 2.29. The molecular formula is C12H16N2O6. The number of ether oxygens (including phenoxy) is 2. The van der Waals surface area contributed by atoms with Gasteiger partial charge in [0.2, 0.25) is 5.75 Å². The molecule has 1 aromatic heterocycles. The summed E-state index contributed by atoms with van der Waals surface area (Å²) in [6.45, 7) is 0.509. The molecule has 0 radical (unpaired) electrons. The lowest BCUT2D eigenvalue weighted by Gasteiger charge is -2.05. The quantitative estimate of drug-likeness (QED) is 0.346. The van der Waals surface area contributed by atoms with Crippen molar-refractivity contribution in [2.45, 2.75) is 6.42 Å². The second-order valence-electron chi connectivity index (χ2n) is 3.68. The molecule has 0 amide bonds. The van der Waals surface area contributed by atoms with Crippen molar-refractivity contribution in [2.24, 2.45) is 0 Å². The SMILES string of the molecule is COC(=O)c1nc(CCOC/C=C\CO)[nH]c(=O)c1O. The van der Waals surface area contributed by atoms with Crippen molar-refractivity contribution in [3.05, 3.63) is 34.0 Å². The van der Waals surface area contributed by atoms with E-state index in [9.17, 15) is 14.7 Å². The van der Waals surface area contributed by atoms with Crippen LogP contribution in [0.25, 0.3) is 0 Å². The second-order valence-corrected chi connectivity index (χ2v) is 3.68. The van der Waals surface area contributed by atoms with E-state index in [2.05, 4.69) is 14.7 Å². The highest BCUT2D eigenvalue weighted by Gasteiger charge is 2.18. The molecule has 110 valence electrons. The summed E-state index contributed by atoms with van der Waals surface area (Å²) in [7, 11) is 1.13. The number of hydrogen-bond donors (Lipinski definition) is 3. The zero-order chi connectivity index (χ0) is 15.0. The average molecular weight is 284 g/mol. The van der Waals surface area contributed by atoms with Crippen molar-refractivity contribution in [1.29, 1.82) is 0 Å². The van der Waals surface area contributed by atoms with E-state index in [1.54, 1.807) is 6.08 Å². The molecule has 8 heteroatoms. The molecule has 0 bridgehead atoms. The lowest BCUT2D eigenvalue weighted by molar-refractivity contribution is 0.0589. The Morgan fingerprint density at radius 2 is 2.20 bits per heavy atom. The Bertz CT molecular complexity index is 537. The summed E-state index contributed by atoms with van der Waals surface area (Å²) in [5.41, 5.74) is -1.23. The van der Waals surface area contributed by atoms with Gasteiger partial charge in [-0.25, -0.2) is 9.78 Å². The maximum absolute atomic E-state index is 11.4. The number of carbonyl (C=O) groups excluding carboxylic acids is 1. The fraction of sp³-hybridized carbons (Fsp3) is 0.417. The Hall–Kier alpha value is -2.19. The van der Waals surface area contributed by atoms with Gasteiger partial charge in [-0.1, -0.05) is 12.2 Å². The summed E-state index contributed by atoms with van der Waals surface area (Å²) in [5, 5.41) is 17.9. The molecule has 0 aliphatic carbocycles. The van der Waals surface area contributed by atoms with E-state index in [-0.39, 0.29) is 25.5 Å². The fourth-order valence-corrected chi connectivity index (χ4v) is 1.33. The van der Waals surface area contributed by atoms with Crippen LogP contribution in [0.2, 0.25) is 0 Å². The number of nitrogens with one attached hydrogen (secondary N) is 1. The predicted molar refractivity (Wildman–Crippen MR) is 68.6 cm³/mol. The van der Waals surface area contributed by atoms with E-state index in [0.29, 0.717) is 6.61 Å². The number of aromatic amines is 1. The minimum atomic E-state index is -0.887. The van der Waals surface area contributed by atoms with Gasteiger partial charge in [-0.2, -0.15) is 0 Å². The molecule has 0 saturated heterocycles. The molecule has 0 atom stereocenters. The second kappa shape index (κ2) is 8.08. The van der Waals surface area contributed by atoms with Crippen LogP contribution < -0.4 is 5.56 Å². The van der Waals surface area contributed by atoms with Crippen LogP contribution in [0, 0.1) is 0 Å². The van der Waals surface area contributed by atoms with Gasteiger partial charge in [0.1, 0.15) is 5.82 Å². The third kappa shape index (κ3) is 4.48. The van der Waals surface area contributed by atoms with Crippen LogP contribution in [-0.2, 0) is 15.9 Å². The molecule has 8 nitrogen and oxygen atoms in total. The number of esters is 1. The molecule has 20 heavy (non-hydrogen) atoms. The molecule has 0 aliphatic heterocycles. The Kier molecular flexibility index (Phi) is 6.41. The van der Waals surface area contributed by atoms with Gasteiger partial charge in [-0.3, -0.25) is 4.79 Å². The molecule has 3 N–H and O–H groups in total. The topological polar surface area (TPSA) is 122 Å². The Balaban J connectivity index is 2.67. The van der Waals surface area contributed by atoms with E-state index in [1.165, 1.54) is 6.08 Å². The first-order chi connectivity index (χ1) is 9.60. The summed E-state index contributed by atoms with van der Waals surface area (Å²) < 4.78 is 9.62. The van der Waals surface area contributed by atoms with Gasteiger partial charge in [0.25, 0.3) is 5.56 Å². The number of methoxy groups -OCH3 is 1. The average Bonchev–Trinajstić information content (AvgIpc) is 2.45. The van der Waals surface area contributed by atoms with Crippen LogP contribution in [0.4, 0.5) is 0 Å².